The normalized spacial score (nSPS) is 15.0. The van der Waals surface area contributed by atoms with Crippen LogP contribution in [-0.2, 0) is 21.4 Å². The van der Waals surface area contributed by atoms with Crippen LogP contribution in [0.1, 0.15) is 11.1 Å². The lowest BCUT2D eigenvalue weighted by Gasteiger charge is -2.34. The predicted molar refractivity (Wildman–Crippen MR) is 135 cm³/mol. The van der Waals surface area contributed by atoms with E-state index < -0.39 is 15.8 Å². The van der Waals surface area contributed by atoms with Crippen LogP contribution in [0.15, 0.2) is 77.7 Å². The molecule has 0 aliphatic carbocycles. The van der Waals surface area contributed by atoms with Gasteiger partial charge in [-0.25, -0.2) is 12.8 Å². The molecule has 1 heterocycles. The van der Waals surface area contributed by atoms with Crippen LogP contribution in [0, 0.1) is 12.7 Å². The fraction of sp³-hybridized carbons (Fsp3) is 0.269. The highest BCUT2D eigenvalue weighted by atomic mass is 32.2. The van der Waals surface area contributed by atoms with Gasteiger partial charge in [0.2, 0.25) is 5.91 Å². The first-order chi connectivity index (χ1) is 16.8. The SMILES string of the molecule is Cc1ccc(NC(=O)CN2CCN(Cc3ccccc3)CC2)cc1S(=O)(=O)Nc1ccccc1F. The molecule has 0 radical (unpaired) electrons. The zero-order valence-corrected chi connectivity index (χ0v) is 20.4. The quantitative estimate of drug-likeness (QED) is 0.497. The zero-order chi connectivity index (χ0) is 24.8. The molecule has 35 heavy (non-hydrogen) atoms. The molecule has 4 rings (SSSR count). The van der Waals surface area contributed by atoms with Crippen molar-refractivity contribution in [1.29, 1.82) is 0 Å². The molecule has 0 bridgehead atoms. The van der Waals surface area contributed by atoms with Crippen LogP contribution in [0.4, 0.5) is 15.8 Å². The summed E-state index contributed by atoms with van der Waals surface area (Å²) in [6.07, 6.45) is 0. The third kappa shape index (κ3) is 6.66. The second-order valence-electron chi connectivity index (χ2n) is 8.65. The second-order valence-corrected chi connectivity index (χ2v) is 10.3. The summed E-state index contributed by atoms with van der Waals surface area (Å²) < 4.78 is 42.0. The molecular weight excluding hydrogens is 467 g/mol. The minimum absolute atomic E-state index is 0.0203. The van der Waals surface area contributed by atoms with Gasteiger partial charge in [-0.3, -0.25) is 19.3 Å². The maximum atomic E-state index is 14.0. The fourth-order valence-corrected chi connectivity index (χ4v) is 5.40. The van der Waals surface area contributed by atoms with Crippen molar-refractivity contribution in [3.8, 4) is 0 Å². The van der Waals surface area contributed by atoms with E-state index in [1.807, 2.05) is 18.2 Å². The lowest BCUT2D eigenvalue weighted by Crippen LogP contribution is -2.48. The van der Waals surface area contributed by atoms with Gasteiger partial charge < -0.3 is 5.32 Å². The number of para-hydroxylation sites is 1. The molecule has 0 atom stereocenters. The average molecular weight is 497 g/mol. The fourth-order valence-electron chi connectivity index (χ4n) is 4.06. The smallest absolute Gasteiger partial charge is 0.262 e. The van der Waals surface area contributed by atoms with Crippen molar-refractivity contribution in [1.82, 2.24) is 9.80 Å². The molecule has 9 heteroatoms. The maximum Gasteiger partial charge on any atom is 0.262 e. The number of rotatable bonds is 8. The van der Waals surface area contributed by atoms with Crippen LogP contribution in [0.25, 0.3) is 0 Å². The summed E-state index contributed by atoms with van der Waals surface area (Å²) in [5.74, 6) is -0.877. The van der Waals surface area contributed by atoms with Gasteiger partial charge in [0.05, 0.1) is 17.1 Å². The van der Waals surface area contributed by atoms with Crippen LogP contribution >= 0.6 is 0 Å². The number of sulfonamides is 1. The molecule has 1 saturated heterocycles. The van der Waals surface area contributed by atoms with Crippen LogP contribution < -0.4 is 10.0 Å². The Kier molecular flexibility index (Phi) is 7.80. The number of benzene rings is 3. The van der Waals surface area contributed by atoms with Crippen molar-refractivity contribution >= 4 is 27.3 Å². The van der Waals surface area contributed by atoms with Gasteiger partial charge in [-0.1, -0.05) is 48.5 Å². The molecule has 184 valence electrons. The Morgan fingerprint density at radius 1 is 0.914 bits per heavy atom. The lowest BCUT2D eigenvalue weighted by atomic mass is 10.2. The van der Waals surface area contributed by atoms with Gasteiger partial charge in [-0.15, -0.1) is 0 Å². The molecule has 1 amide bonds. The summed E-state index contributed by atoms with van der Waals surface area (Å²) in [5.41, 5.74) is 2.00. The van der Waals surface area contributed by atoms with E-state index in [1.165, 1.54) is 29.8 Å². The van der Waals surface area contributed by atoms with Crippen molar-refractivity contribution < 1.29 is 17.6 Å². The van der Waals surface area contributed by atoms with Crippen molar-refractivity contribution in [2.75, 3.05) is 42.8 Å². The Bertz CT molecular complexity index is 1280. The number of amides is 1. The number of carbonyl (C=O) groups excluding carboxylic acids is 1. The first kappa shape index (κ1) is 24.8. The number of nitrogens with zero attached hydrogens (tertiary/aromatic N) is 2. The van der Waals surface area contributed by atoms with E-state index in [9.17, 15) is 17.6 Å². The standard InChI is InChI=1S/C26H29FN4O3S/c1-20-11-12-22(17-25(20)35(33,34)29-24-10-6-5-9-23(24)27)28-26(32)19-31-15-13-30(14-16-31)18-21-7-3-2-4-8-21/h2-12,17,29H,13-16,18-19H2,1H3,(H,28,32). The minimum Gasteiger partial charge on any atom is -0.325 e. The van der Waals surface area contributed by atoms with E-state index in [2.05, 4.69) is 32.0 Å². The molecule has 3 aromatic carbocycles. The molecule has 1 aliphatic heterocycles. The van der Waals surface area contributed by atoms with Crippen molar-refractivity contribution in [3.63, 3.8) is 0 Å². The van der Waals surface area contributed by atoms with Gasteiger partial charge >= 0.3 is 0 Å². The first-order valence-electron chi connectivity index (χ1n) is 11.5. The minimum atomic E-state index is -4.04. The van der Waals surface area contributed by atoms with Gasteiger partial charge in [-0.05, 0) is 42.3 Å². The number of carbonyl (C=O) groups is 1. The highest BCUT2D eigenvalue weighted by molar-refractivity contribution is 7.92. The number of hydrogen-bond donors (Lipinski definition) is 2. The van der Waals surface area contributed by atoms with Gasteiger partial charge in [0.25, 0.3) is 10.0 Å². The van der Waals surface area contributed by atoms with Crippen molar-refractivity contribution in [2.45, 2.75) is 18.4 Å². The molecule has 0 unspecified atom stereocenters. The van der Waals surface area contributed by atoms with Crippen molar-refractivity contribution in [3.05, 3.63) is 89.7 Å². The highest BCUT2D eigenvalue weighted by Gasteiger charge is 2.21. The Hall–Kier alpha value is -3.27. The summed E-state index contributed by atoms with van der Waals surface area (Å²) in [5, 5.41) is 2.79. The van der Waals surface area contributed by atoms with Gasteiger partial charge in [0.1, 0.15) is 5.82 Å². The molecule has 2 N–H and O–H groups in total. The average Bonchev–Trinajstić information content (AvgIpc) is 2.83. The number of piperazine rings is 1. The van der Waals surface area contributed by atoms with E-state index in [-0.39, 0.29) is 23.0 Å². The number of halogens is 1. The largest absolute Gasteiger partial charge is 0.325 e. The van der Waals surface area contributed by atoms with Crippen LogP contribution in [-0.4, -0.2) is 56.8 Å². The molecule has 1 aliphatic rings. The van der Waals surface area contributed by atoms with Gasteiger partial charge in [0, 0.05) is 38.4 Å². The van der Waals surface area contributed by atoms with Crippen LogP contribution in [0.5, 0.6) is 0 Å². The van der Waals surface area contributed by atoms with E-state index in [1.54, 1.807) is 25.1 Å². The van der Waals surface area contributed by atoms with Gasteiger partial charge in [0.15, 0.2) is 0 Å². The molecule has 0 saturated carbocycles. The first-order valence-corrected chi connectivity index (χ1v) is 12.9. The summed E-state index contributed by atoms with van der Waals surface area (Å²) in [6.45, 7) is 6.07. The molecule has 7 nitrogen and oxygen atoms in total. The number of hydrogen-bond acceptors (Lipinski definition) is 5. The third-order valence-corrected chi connectivity index (χ3v) is 7.47. The van der Waals surface area contributed by atoms with Crippen LogP contribution in [0.3, 0.4) is 0 Å². The lowest BCUT2D eigenvalue weighted by molar-refractivity contribution is -0.117. The highest BCUT2D eigenvalue weighted by Crippen LogP contribution is 2.24. The molecule has 3 aromatic rings. The van der Waals surface area contributed by atoms with E-state index in [4.69, 9.17) is 0 Å². The topological polar surface area (TPSA) is 81.8 Å². The van der Waals surface area contributed by atoms with E-state index >= 15 is 0 Å². The Labute approximate surface area is 205 Å². The number of nitrogens with one attached hydrogen (secondary N) is 2. The van der Waals surface area contributed by atoms with Crippen molar-refractivity contribution in [2.24, 2.45) is 0 Å². The predicted octanol–water partition coefficient (Wildman–Crippen LogP) is 3.69. The Morgan fingerprint density at radius 2 is 1.57 bits per heavy atom. The number of aryl methyl sites for hydroxylation is 1. The summed E-state index contributed by atoms with van der Waals surface area (Å²) >= 11 is 0. The molecule has 0 aromatic heterocycles. The van der Waals surface area contributed by atoms with E-state index in [0.29, 0.717) is 11.3 Å². The summed E-state index contributed by atoms with van der Waals surface area (Å²) in [4.78, 5) is 17.1. The molecular formula is C26H29FN4O3S. The zero-order valence-electron chi connectivity index (χ0n) is 19.6. The summed E-state index contributed by atoms with van der Waals surface area (Å²) in [6, 6.07) is 20.5. The van der Waals surface area contributed by atoms with Crippen LogP contribution in [0.2, 0.25) is 0 Å². The summed E-state index contributed by atoms with van der Waals surface area (Å²) in [7, 11) is -4.04. The van der Waals surface area contributed by atoms with E-state index in [0.717, 1.165) is 32.7 Å². The Morgan fingerprint density at radius 3 is 2.29 bits per heavy atom. The monoisotopic (exact) mass is 496 g/mol. The third-order valence-electron chi connectivity index (χ3n) is 5.96. The second kappa shape index (κ2) is 11.0. The molecule has 0 spiro atoms. The molecule has 1 fully saturated rings. The Balaban J connectivity index is 1.34. The number of anilines is 2. The van der Waals surface area contributed by atoms with Gasteiger partial charge in [-0.2, -0.15) is 0 Å². The maximum absolute atomic E-state index is 14.0.